The molecule has 0 aliphatic carbocycles. The summed E-state index contributed by atoms with van der Waals surface area (Å²) in [5.41, 5.74) is 2.80. The fourth-order valence-corrected chi connectivity index (χ4v) is 2.07. The highest BCUT2D eigenvalue weighted by atomic mass is 19.1. The van der Waals surface area contributed by atoms with E-state index in [1.54, 1.807) is 12.1 Å². The monoisotopic (exact) mass is 301 g/mol. The first-order chi connectivity index (χ1) is 10.7. The van der Waals surface area contributed by atoms with Crippen molar-refractivity contribution in [3.63, 3.8) is 0 Å². The van der Waals surface area contributed by atoms with Crippen molar-refractivity contribution >= 4 is 5.91 Å². The molecule has 2 aromatic rings. The number of carbonyl (C=O) groups excluding carboxylic acids is 1. The molecule has 22 heavy (non-hydrogen) atoms. The minimum absolute atomic E-state index is 0.121. The highest BCUT2D eigenvalue weighted by molar-refractivity contribution is 5.78. The summed E-state index contributed by atoms with van der Waals surface area (Å²) in [5.74, 6) is -0.445. The zero-order valence-corrected chi connectivity index (χ0v) is 12.6. The van der Waals surface area contributed by atoms with Gasteiger partial charge in [0, 0.05) is 13.2 Å². The van der Waals surface area contributed by atoms with Gasteiger partial charge in [-0.1, -0.05) is 36.4 Å². The van der Waals surface area contributed by atoms with E-state index < -0.39 is 0 Å². The molecule has 3 nitrogen and oxygen atoms in total. The van der Waals surface area contributed by atoms with E-state index in [0.29, 0.717) is 25.3 Å². The van der Waals surface area contributed by atoms with Crippen LogP contribution in [0.5, 0.6) is 0 Å². The van der Waals surface area contributed by atoms with Gasteiger partial charge in [-0.3, -0.25) is 4.79 Å². The smallest absolute Gasteiger partial charge is 0.224 e. The van der Waals surface area contributed by atoms with Crippen LogP contribution in [-0.2, 0) is 29.1 Å². The molecule has 116 valence electrons. The molecule has 0 aromatic heterocycles. The van der Waals surface area contributed by atoms with Crippen molar-refractivity contribution in [3.05, 3.63) is 71.0 Å². The van der Waals surface area contributed by atoms with Crippen LogP contribution < -0.4 is 5.32 Å². The van der Waals surface area contributed by atoms with E-state index in [2.05, 4.69) is 5.32 Å². The van der Waals surface area contributed by atoms with Crippen LogP contribution in [0.1, 0.15) is 23.6 Å². The van der Waals surface area contributed by atoms with Crippen LogP contribution in [0.2, 0.25) is 0 Å². The molecule has 0 unspecified atom stereocenters. The minimum Gasteiger partial charge on any atom is -0.377 e. The average molecular weight is 301 g/mol. The van der Waals surface area contributed by atoms with E-state index in [1.807, 2.05) is 31.2 Å². The van der Waals surface area contributed by atoms with Crippen molar-refractivity contribution < 1.29 is 13.9 Å². The summed E-state index contributed by atoms with van der Waals surface area (Å²) in [5, 5.41) is 2.84. The summed E-state index contributed by atoms with van der Waals surface area (Å²) >= 11 is 0. The van der Waals surface area contributed by atoms with E-state index in [-0.39, 0.29) is 18.1 Å². The average Bonchev–Trinajstić information content (AvgIpc) is 2.52. The van der Waals surface area contributed by atoms with Crippen LogP contribution in [0, 0.1) is 5.82 Å². The molecule has 0 saturated carbocycles. The Balaban J connectivity index is 1.80. The largest absolute Gasteiger partial charge is 0.377 e. The molecule has 4 heteroatoms. The van der Waals surface area contributed by atoms with Crippen molar-refractivity contribution in [1.82, 2.24) is 5.32 Å². The maximum atomic E-state index is 13.1. The van der Waals surface area contributed by atoms with Gasteiger partial charge in [-0.05, 0) is 35.7 Å². The topological polar surface area (TPSA) is 38.3 Å². The van der Waals surface area contributed by atoms with Crippen molar-refractivity contribution in [2.24, 2.45) is 0 Å². The summed E-state index contributed by atoms with van der Waals surface area (Å²) < 4.78 is 18.4. The van der Waals surface area contributed by atoms with Crippen molar-refractivity contribution in [2.45, 2.75) is 26.5 Å². The van der Waals surface area contributed by atoms with Crippen LogP contribution in [-0.4, -0.2) is 12.5 Å². The molecule has 0 aliphatic heterocycles. The number of ether oxygens (including phenoxy) is 1. The van der Waals surface area contributed by atoms with Gasteiger partial charge in [0.25, 0.3) is 0 Å². The van der Waals surface area contributed by atoms with Gasteiger partial charge in [0.1, 0.15) is 5.82 Å². The van der Waals surface area contributed by atoms with Gasteiger partial charge in [-0.25, -0.2) is 4.39 Å². The van der Waals surface area contributed by atoms with Gasteiger partial charge >= 0.3 is 0 Å². The van der Waals surface area contributed by atoms with E-state index in [1.165, 1.54) is 12.1 Å². The zero-order valence-electron chi connectivity index (χ0n) is 12.6. The molecular weight excluding hydrogens is 281 g/mol. The molecule has 0 saturated heterocycles. The molecule has 2 rings (SSSR count). The zero-order chi connectivity index (χ0) is 15.8. The number of nitrogens with one attached hydrogen (secondary N) is 1. The molecule has 0 fully saturated rings. The van der Waals surface area contributed by atoms with Crippen LogP contribution in [0.4, 0.5) is 4.39 Å². The first-order valence-electron chi connectivity index (χ1n) is 7.34. The SMILES string of the molecule is CCOCc1ccc(CNC(=O)Cc2cccc(F)c2)cc1. The van der Waals surface area contributed by atoms with Gasteiger partial charge in [-0.15, -0.1) is 0 Å². The second-order valence-electron chi connectivity index (χ2n) is 5.04. The number of halogens is 1. The predicted molar refractivity (Wildman–Crippen MR) is 83.7 cm³/mol. The number of hydrogen-bond acceptors (Lipinski definition) is 2. The Morgan fingerprint density at radius 1 is 1.09 bits per heavy atom. The fraction of sp³-hybridized carbons (Fsp3) is 0.278. The van der Waals surface area contributed by atoms with Gasteiger partial charge in [0.2, 0.25) is 5.91 Å². The Hall–Kier alpha value is -2.20. The number of hydrogen-bond donors (Lipinski definition) is 1. The van der Waals surface area contributed by atoms with E-state index in [0.717, 1.165) is 11.1 Å². The van der Waals surface area contributed by atoms with Crippen molar-refractivity contribution in [2.75, 3.05) is 6.61 Å². The molecule has 0 aliphatic rings. The number of rotatable bonds is 7. The summed E-state index contributed by atoms with van der Waals surface area (Å²) in [7, 11) is 0. The third-order valence-electron chi connectivity index (χ3n) is 3.24. The normalized spacial score (nSPS) is 10.5. The van der Waals surface area contributed by atoms with Crippen LogP contribution >= 0.6 is 0 Å². The Morgan fingerprint density at radius 3 is 2.50 bits per heavy atom. The molecule has 0 radical (unpaired) electrons. The quantitative estimate of drug-likeness (QED) is 0.852. The number of amides is 1. The van der Waals surface area contributed by atoms with E-state index in [4.69, 9.17) is 4.74 Å². The Labute approximate surface area is 130 Å². The lowest BCUT2D eigenvalue weighted by Crippen LogP contribution is -2.24. The molecule has 0 heterocycles. The summed E-state index contributed by atoms with van der Waals surface area (Å²) in [4.78, 5) is 11.9. The Morgan fingerprint density at radius 2 is 1.82 bits per heavy atom. The molecule has 1 amide bonds. The lowest BCUT2D eigenvalue weighted by atomic mass is 10.1. The van der Waals surface area contributed by atoms with E-state index in [9.17, 15) is 9.18 Å². The highest BCUT2D eigenvalue weighted by Gasteiger charge is 2.04. The third kappa shape index (κ3) is 5.30. The maximum Gasteiger partial charge on any atom is 0.224 e. The summed E-state index contributed by atoms with van der Waals surface area (Å²) in [6.07, 6.45) is 0.181. The highest BCUT2D eigenvalue weighted by Crippen LogP contribution is 2.07. The fourth-order valence-electron chi connectivity index (χ4n) is 2.07. The van der Waals surface area contributed by atoms with Crippen molar-refractivity contribution in [3.8, 4) is 0 Å². The lowest BCUT2D eigenvalue weighted by Gasteiger charge is -2.07. The first-order valence-corrected chi connectivity index (χ1v) is 7.34. The van der Waals surface area contributed by atoms with Crippen molar-refractivity contribution in [1.29, 1.82) is 0 Å². The Kier molecular flexibility index (Phi) is 6.10. The Bertz CT molecular complexity index is 611. The molecule has 2 aromatic carbocycles. The summed E-state index contributed by atoms with van der Waals surface area (Å²) in [6.45, 7) is 3.71. The predicted octanol–water partition coefficient (Wildman–Crippen LogP) is 3.22. The third-order valence-corrected chi connectivity index (χ3v) is 3.24. The first kappa shape index (κ1) is 16.2. The van der Waals surface area contributed by atoms with E-state index >= 15 is 0 Å². The van der Waals surface area contributed by atoms with Gasteiger partial charge in [-0.2, -0.15) is 0 Å². The molecule has 1 N–H and O–H groups in total. The second kappa shape index (κ2) is 8.29. The minimum atomic E-state index is -0.324. The van der Waals surface area contributed by atoms with Crippen LogP contribution in [0.25, 0.3) is 0 Å². The van der Waals surface area contributed by atoms with Crippen LogP contribution in [0.15, 0.2) is 48.5 Å². The van der Waals surface area contributed by atoms with Gasteiger partial charge < -0.3 is 10.1 Å². The lowest BCUT2D eigenvalue weighted by molar-refractivity contribution is -0.120. The second-order valence-corrected chi connectivity index (χ2v) is 5.04. The number of benzene rings is 2. The molecule has 0 atom stereocenters. The standard InChI is InChI=1S/C18H20FNO2/c1-2-22-13-15-8-6-14(7-9-15)12-20-18(21)11-16-4-3-5-17(19)10-16/h3-10H,2,11-13H2,1H3,(H,20,21). The molecule has 0 bridgehead atoms. The van der Waals surface area contributed by atoms with Gasteiger partial charge in [0.05, 0.1) is 13.0 Å². The molecular formula is C18H20FNO2. The number of carbonyl (C=O) groups is 1. The van der Waals surface area contributed by atoms with Gasteiger partial charge in [0.15, 0.2) is 0 Å². The summed E-state index contributed by atoms with van der Waals surface area (Å²) in [6, 6.07) is 14.0. The molecule has 0 spiro atoms. The maximum absolute atomic E-state index is 13.1. The van der Waals surface area contributed by atoms with Crippen LogP contribution in [0.3, 0.4) is 0 Å².